The highest BCUT2D eigenvalue weighted by Gasteiger charge is 2.05. The third-order valence-corrected chi connectivity index (χ3v) is 1.85. The lowest BCUT2D eigenvalue weighted by Crippen LogP contribution is -2.02. The molecule has 16 heavy (non-hydrogen) atoms. The second-order valence-corrected chi connectivity index (χ2v) is 2.91. The number of hydrogen-bond acceptors (Lipinski definition) is 3. The van der Waals surface area contributed by atoms with Crippen molar-refractivity contribution in [3.63, 3.8) is 0 Å². The van der Waals surface area contributed by atoms with Crippen molar-refractivity contribution in [1.82, 2.24) is 0 Å². The van der Waals surface area contributed by atoms with Crippen LogP contribution in [0.2, 0.25) is 0 Å². The number of terminal acetylenes is 1. The lowest BCUT2D eigenvalue weighted by Gasteiger charge is -2.11. The smallest absolute Gasteiger partial charge is 0.162 e. The first-order valence-electron chi connectivity index (χ1n) is 4.83. The van der Waals surface area contributed by atoms with Gasteiger partial charge in [0, 0.05) is 6.54 Å². The molecule has 1 rings (SSSR count). The Kier molecular flexibility index (Phi) is 7.19. The Balaban J connectivity index is 0.00000225. The van der Waals surface area contributed by atoms with Crippen molar-refractivity contribution >= 4 is 12.4 Å². The van der Waals surface area contributed by atoms with Crippen LogP contribution in [0.4, 0.5) is 0 Å². The quantitative estimate of drug-likeness (QED) is 0.802. The van der Waals surface area contributed by atoms with Crippen LogP contribution in [0.1, 0.15) is 12.5 Å². The molecule has 0 aliphatic carbocycles. The van der Waals surface area contributed by atoms with Gasteiger partial charge in [0.15, 0.2) is 11.5 Å². The third kappa shape index (κ3) is 4.01. The van der Waals surface area contributed by atoms with E-state index in [4.69, 9.17) is 21.6 Å². The molecule has 4 heteroatoms. The molecule has 0 spiro atoms. The van der Waals surface area contributed by atoms with E-state index in [-0.39, 0.29) is 19.0 Å². The number of nitrogens with two attached hydrogens (primary N) is 1. The van der Waals surface area contributed by atoms with Crippen LogP contribution in [0.5, 0.6) is 11.5 Å². The van der Waals surface area contributed by atoms with E-state index in [0.29, 0.717) is 24.7 Å². The van der Waals surface area contributed by atoms with Gasteiger partial charge in [-0.1, -0.05) is 12.0 Å². The molecule has 0 heterocycles. The molecule has 0 aromatic heterocycles. The van der Waals surface area contributed by atoms with E-state index >= 15 is 0 Å². The van der Waals surface area contributed by atoms with Crippen molar-refractivity contribution in [2.45, 2.75) is 13.5 Å². The Bertz CT molecular complexity index is 361. The van der Waals surface area contributed by atoms with Gasteiger partial charge in [-0.2, -0.15) is 0 Å². The fraction of sp³-hybridized carbons (Fsp3) is 0.333. The van der Waals surface area contributed by atoms with Crippen LogP contribution in [-0.4, -0.2) is 13.2 Å². The molecule has 1 aromatic rings. The van der Waals surface area contributed by atoms with Gasteiger partial charge in [-0.05, 0) is 24.6 Å². The maximum Gasteiger partial charge on any atom is 0.162 e. The molecular weight excluding hydrogens is 226 g/mol. The Morgan fingerprint density at radius 2 is 2.06 bits per heavy atom. The monoisotopic (exact) mass is 241 g/mol. The number of benzene rings is 1. The zero-order valence-corrected chi connectivity index (χ0v) is 10.0. The van der Waals surface area contributed by atoms with Gasteiger partial charge in [0.2, 0.25) is 0 Å². The van der Waals surface area contributed by atoms with Crippen molar-refractivity contribution in [1.29, 1.82) is 0 Å². The molecule has 0 aliphatic rings. The molecule has 0 radical (unpaired) electrons. The number of hydrogen-bond donors (Lipinski definition) is 1. The molecule has 3 nitrogen and oxygen atoms in total. The van der Waals surface area contributed by atoms with Crippen LogP contribution < -0.4 is 15.2 Å². The lowest BCUT2D eigenvalue weighted by molar-refractivity contribution is 0.299. The van der Waals surface area contributed by atoms with Gasteiger partial charge in [0.05, 0.1) is 6.61 Å². The Hall–Kier alpha value is -1.37. The maximum atomic E-state index is 5.54. The summed E-state index contributed by atoms with van der Waals surface area (Å²) in [6.07, 6.45) is 5.12. The molecule has 2 N–H and O–H groups in total. The first-order valence-corrected chi connectivity index (χ1v) is 4.83. The van der Waals surface area contributed by atoms with Crippen molar-refractivity contribution < 1.29 is 9.47 Å². The maximum absolute atomic E-state index is 5.54. The van der Waals surface area contributed by atoms with Crippen molar-refractivity contribution in [2.24, 2.45) is 5.73 Å². The summed E-state index contributed by atoms with van der Waals surface area (Å²) in [5.74, 6) is 3.76. The predicted octanol–water partition coefficient (Wildman–Crippen LogP) is 1.98. The van der Waals surface area contributed by atoms with Gasteiger partial charge in [-0.25, -0.2) is 0 Å². The highest BCUT2D eigenvalue weighted by molar-refractivity contribution is 5.85. The number of ether oxygens (including phenoxy) is 2. The topological polar surface area (TPSA) is 44.5 Å². The highest BCUT2D eigenvalue weighted by atomic mass is 35.5. The molecule has 0 unspecified atom stereocenters. The lowest BCUT2D eigenvalue weighted by atomic mass is 10.2. The van der Waals surface area contributed by atoms with E-state index < -0.39 is 0 Å². The van der Waals surface area contributed by atoms with Crippen LogP contribution in [0.15, 0.2) is 18.2 Å². The summed E-state index contributed by atoms with van der Waals surface area (Å²) in [6.45, 7) is 3.22. The van der Waals surface area contributed by atoms with E-state index in [0.717, 1.165) is 5.56 Å². The third-order valence-electron chi connectivity index (χ3n) is 1.85. The molecule has 1 aromatic carbocycles. The standard InChI is InChI=1S/C12H15NO2.ClH/c1-3-7-15-11-6-5-10(9-13)8-12(11)14-4-2;/h1,5-6,8H,4,7,9,13H2,2H3;1H. The van der Waals surface area contributed by atoms with Gasteiger partial charge in [0.25, 0.3) is 0 Å². The van der Waals surface area contributed by atoms with E-state index in [1.807, 2.05) is 25.1 Å². The van der Waals surface area contributed by atoms with Crippen LogP contribution in [0.3, 0.4) is 0 Å². The fourth-order valence-electron chi connectivity index (χ4n) is 1.19. The minimum atomic E-state index is 0. The van der Waals surface area contributed by atoms with Gasteiger partial charge in [-0.15, -0.1) is 18.8 Å². The average Bonchev–Trinajstić information content (AvgIpc) is 2.27. The van der Waals surface area contributed by atoms with Crippen LogP contribution in [0.25, 0.3) is 0 Å². The van der Waals surface area contributed by atoms with Gasteiger partial charge >= 0.3 is 0 Å². The second kappa shape index (κ2) is 7.86. The molecule has 0 saturated heterocycles. The fourth-order valence-corrected chi connectivity index (χ4v) is 1.19. The normalized spacial score (nSPS) is 8.81. The van der Waals surface area contributed by atoms with Crippen molar-refractivity contribution in [3.8, 4) is 23.8 Å². The van der Waals surface area contributed by atoms with Gasteiger partial charge < -0.3 is 15.2 Å². The predicted molar refractivity (Wildman–Crippen MR) is 67.1 cm³/mol. The van der Waals surface area contributed by atoms with Crippen LogP contribution in [0, 0.1) is 12.3 Å². The van der Waals surface area contributed by atoms with Crippen LogP contribution in [-0.2, 0) is 6.54 Å². The van der Waals surface area contributed by atoms with E-state index in [1.54, 1.807) is 0 Å². The number of halogens is 1. The molecule has 0 saturated carbocycles. The number of rotatable bonds is 5. The summed E-state index contributed by atoms with van der Waals surface area (Å²) >= 11 is 0. The first-order chi connectivity index (χ1) is 7.31. The summed E-state index contributed by atoms with van der Waals surface area (Å²) in [7, 11) is 0. The molecule has 0 amide bonds. The van der Waals surface area contributed by atoms with Gasteiger partial charge in [0.1, 0.15) is 6.61 Å². The van der Waals surface area contributed by atoms with E-state index in [9.17, 15) is 0 Å². The Morgan fingerprint density at radius 1 is 1.31 bits per heavy atom. The minimum Gasteiger partial charge on any atom is -0.490 e. The van der Waals surface area contributed by atoms with Crippen molar-refractivity contribution in [3.05, 3.63) is 23.8 Å². The van der Waals surface area contributed by atoms with Crippen LogP contribution >= 0.6 is 12.4 Å². The summed E-state index contributed by atoms with van der Waals surface area (Å²) < 4.78 is 10.8. The van der Waals surface area contributed by atoms with E-state index in [2.05, 4.69) is 5.92 Å². The average molecular weight is 242 g/mol. The molecule has 0 aliphatic heterocycles. The minimum absolute atomic E-state index is 0. The molecule has 88 valence electrons. The second-order valence-electron chi connectivity index (χ2n) is 2.91. The summed E-state index contributed by atoms with van der Waals surface area (Å²) in [4.78, 5) is 0. The molecule has 0 fully saturated rings. The van der Waals surface area contributed by atoms with Gasteiger partial charge in [-0.3, -0.25) is 0 Å². The zero-order valence-electron chi connectivity index (χ0n) is 9.23. The largest absolute Gasteiger partial charge is 0.490 e. The summed E-state index contributed by atoms with van der Waals surface area (Å²) in [6, 6.07) is 5.59. The Labute approximate surface area is 102 Å². The highest BCUT2D eigenvalue weighted by Crippen LogP contribution is 2.28. The molecular formula is C12H16ClNO2. The van der Waals surface area contributed by atoms with Crippen molar-refractivity contribution in [2.75, 3.05) is 13.2 Å². The summed E-state index contributed by atoms with van der Waals surface area (Å²) in [5, 5.41) is 0. The molecule has 0 bridgehead atoms. The first kappa shape index (κ1) is 14.6. The Morgan fingerprint density at radius 3 is 2.62 bits per heavy atom. The zero-order chi connectivity index (χ0) is 11.1. The SMILES string of the molecule is C#CCOc1ccc(CN)cc1OCC.Cl. The van der Waals surface area contributed by atoms with E-state index in [1.165, 1.54) is 0 Å². The molecule has 0 atom stereocenters. The summed E-state index contributed by atoms with van der Waals surface area (Å²) in [5.41, 5.74) is 6.54.